The topological polar surface area (TPSA) is 58.2 Å². The molecule has 0 radical (unpaired) electrons. The van der Waals surface area contributed by atoms with Gasteiger partial charge in [0.05, 0.1) is 10.9 Å². The van der Waals surface area contributed by atoms with E-state index in [4.69, 9.17) is 0 Å². The molecule has 0 aromatic heterocycles. The van der Waals surface area contributed by atoms with Crippen LogP contribution in [0.15, 0.2) is 18.2 Å². The fraction of sp³-hybridized carbons (Fsp3) is 0.455. The van der Waals surface area contributed by atoms with E-state index in [1.807, 2.05) is 0 Å². The third-order valence-electron chi connectivity index (χ3n) is 2.91. The Labute approximate surface area is 104 Å². The SMILES string of the molecule is O=S(=O)(Nc1ccc(F)cc1F)C1CCNCC1. The van der Waals surface area contributed by atoms with Crippen molar-refractivity contribution in [2.24, 2.45) is 0 Å². The van der Waals surface area contributed by atoms with Gasteiger partial charge >= 0.3 is 0 Å². The average molecular weight is 276 g/mol. The summed E-state index contributed by atoms with van der Waals surface area (Å²) in [5, 5.41) is 2.51. The van der Waals surface area contributed by atoms with E-state index >= 15 is 0 Å². The van der Waals surface area contributed by atoms with E-state index in [1.54, 1.807) is 0 Å². The van der Waals surface area contributed by atoms with Gasteiger partial charge in [-0.15, -0.1) is 0 Å². The minimum Gasteiger partial charge on any atom is -0.317 e. The lowest BCUT2D eigenvalue weighted by atomic mass is 10.2. The fourth-order valence-electron chi connectivity index (χ4n) is 1.91. The van der Waals surface area contributed by atoms with Gasteiger partial charge in [0.1, 0.15) is 11.6 Å². The van der Waals surface area contributed by atoms with Crippen molar-refractivity contribution in [2.45, 2.75) is 18.1 Å². The number of halogens is 2. The molecule has 0 saturated carbocycles. The zero-order valence-electron chi connectivity index (χ0n) is 9.62. The Balaban J connectivity index is 2.16. The maximum atomic E-state index is 13.4. The number of anilines is 1. The van der Waals surface area contributed by atoms with E-state index in [-0.39, 0.29) is 5.69 Å². The molecule has 1 aromatic rings. The van der Waals surface area contributed by atoms with Crippen LogP contribution in [0.1, 0.15) is 12.8 Å². The largest absolute Gasteiger partial charge is 0.317 e. The standard InChI is InChI=1S/C11H14F2N2O2S/c12-8-1-2-11(10(13)7-8)15-18(16,17)9-3-5-14-6-4-9/h1-2,7,9,14-15H,3-6H2. The summed E-state index contributed by atoms with van der Waals surface area (Å²) in [7, 11) is -3.62. The molecule has 1 fully saturated rings. The van der Waals surface area contributed by atoms with Crippen molar-refractivity contribution >= 4 is 15.7 Å². The Bertz CT molecular complexity index is 528. The number of rotatable bonds is 3. The summed E-state index contributed by atoms with van der Waals surface area (Å²) < 4.78 is 52.3. The van der Waals surface area contributed by atoms with Gasteiger partial charge in [-0.25, -0.2) is 17.2 Å². The van der Waals surface area contributed by atoms with Crippen molar-refractivity contribution in [3.63, 3.8) is 0 Å². The molecule has 7 heteroatoms. The summed E-state index contributed by atoms with van der Waals surface area (Å²) in [5.74, 6) is -1.65. The number of hydrogen-bond acceptors (Lipinski definition) is 3. The Morgan fingerprint density at radius 3 is 2.50 bits per heavy atom. The molecular weight excluding hydrogens is 262 g/mol. The molecule has 0 unspecified atom stereocenters. The molecule has 1 aromatic carbocycles. The first-order chi connectivity index (χ1) is 8.49. The van der Waals surface area contributed by atoms with E-state index < -0.39 is 26.9 Å². The molecule has 2 N–H and O–H groups in total. The number of sulfonamides is 1. The Morgan fingerprint density at radius 2 is 1.89 bits per heavy atom. The monoisotopic (exact) mass is 276 g/mol. The second-order valence-corrected chi connectivity index (χ2v) is 6.18. The summed E-state index contributed by atoms with van der Waals surface area (Å²) in [5.41, 5.74) is -0.213. The molecule has 0 amide bonds. The van der Waals surface area contributed by atoms with Crippen LogP contribution in [-0.4, -0.2) is 26.8 Å². The highest BCUT2D eigenvalue weighted by Crippen LogP contribution is 2.20. The zero-order chi connectivity index (χ0) is 13.2. The van der Waals surface area contributed by atoms with Crippen molar-refractivity contribution in [1.82, 2.24) is 5.32 Å². The highest BCUT2D eigenvalue weighted by Gasteiger charge is 2.27. The molecule has 0 bridgehead atoms. The fourth-order valence-corrected chi connectivity index (χ4v) is 3.41. The maximum Gasteiger partial charge on any atom is 0.235 e. The first-order valence-electron chi connectivity index (χ1n) is 5.66. The molecule has 18 heavy (non-hydrogen) atoms. The number of benzene rings is 1. The van der Waals surface area contributed by atoms with E-state index in [0.717, 1.165) is 12.1 Å². The van der Waals surface area contributed by atoms with E-state index in [0.29, 0.717) is 32.0 Å². The highest BCUT2D eigenvalue weighted by atomic mass is 32.2. The third-order valence-corrected chi connectivity index (χ3v) is 4.76. The van der Waals surface area contributed by atoms with Crippen LogP contribution in [0.25, 0.3) is 0 Å². The van der Waals surface area contributed by atoms with Crippen LogP contribution < -0.4 is 10.0 Å². The number of piperidine rings is 1. The molecule has 2 rings (SSSR count). The van der Waals surface area contributed by atoms with Crippen molar-refractivity contribution in [3.8, 4) is 0 Å². The molecule has 4 nitrogen and oxygen atoms in total. The van der Waals surface area contributed by atoms with Gasteiger partial charge in [-0.2, -0.15) is 0 Å². The average Bonchev–Trinajstić information content (AvgIpc) is 2.34. The molecule has 1 saturated heterocycles. The molecular formula is C11H14F2N2O2S. The lowest BCUT2D eigenvalue weighted by Crippen LogP contribution is -2.38. The summed E-state index contributed by atoms with van der Waals surface area (Å²) in [6, 6.07) is 2.76. The molecule has 1 aliphatic heterocycles. The van der Waals surface area contributed by atoms with Crippen molar-refractivity contribution < 1.29 is 17.2 Å². The van der Waals surface area contributed by atoms with E-state index in [2.05, 4.69) is 10.0 Å². The summed E-state index contributed by atoms with van der Waals surface area (Å²) >= 11 is 0. The normalized spacial score (nSPS) is 17.7. The van der Waals surface area contributed by atoms with Crippen LogP contribution in [0.2, 0.25) is 0 Å². The molecule has 1 aliphatic rings. The maximum absolute atomic E-state index is 13.4. The second kappa shape index (κ2) is 5.19. The van der Waals surface area contributed by atoms with E-state index in [9.17, 15) is 17.2 Å². The summed E-state index contributed by atoms with van der Waals surface area (Å²) in [4.78, 5) is 0. The molecule has 0 spiro atoms. The first-order valence-corrected chi connectivity index (χ1v) is 7.21. The Kier molecular flexibility index (Phi) is 3.82. The summed E-state index contributed by atoms with van der Waals surface area (Å²) in [6.45, 7) is 1.24. The predicted molar refractivity (Wildman–Crippen MR) is 64.8 cm³/mol. The Morgan fingerprint density at radius 1 is 1.22 bits per heavy atom. The van der Waals surface area contributed by atoms with Crippen molar-refractivity contribution in [2.75, 3.05) is 17.8 Å². The predicted octanol–water partition coefficient (Wildman–Crippen LogP) is 1.46. The van der Waals surface area contributed by atoms with Crippen LogP contribution in [0.4, 0.5) is 14.5 Å². The van der Waals surface area contributed by atoms with Crippen LogP contribution in [0, 0.1) is 11.6 Å². The van der Waals surface area contributed by atoms with Crippen LogP contribution in [0.3, 0.4) is 0 Å². The van der Waals surface area contributed by atoms with E-state index in [1.165, 1.54) is 0 Å². The van der Waals surface area contributed by atoms with Crippen LogP contribution >= 0.6 is 0 Å². The van der Waals surface area contributed by atoms with Gasteiger partial charge in [0, 0.05) is 6.07 Å². The lowest BCUT2D eigenvalue weighted by Gasteiger charge is -2.23. The molecule has 0 aliphatic carbocycles. The van der Waals surface area contributed by atoms with Gasteiger partial charge in [-0.3, -0.25) is 4.72 Å². The molecule has 100 valence electrons. The lowest BCUT2D eigenvalue weighted by molar-refractivity contribution is 0.498. The second-order valence-electron chi connectivity index (χ2n) is 4.22. The van der Waals surface area contributed by atoms with Crippen molar-refractivity contribution in [3.05, 3.63) is 29.8 Å². The highest BCUT2D eigenvalue weighted by molar-refractivity contribution is 7.93. The van der Waals surface area contributed by atoms with Gasteiger partial charge in [-0.1, -0.05) is 0 Å². The van der Waals surface area contributed by atoms with Gasteiger partial charge in [0.15, 0.2) is 0 Å². The van der Waals surface area contributed by atoms with Gasteiger partial charge in [0.2, 0.25) is 10.0 Å². The van der Waals surface area contributed by atoms with Gasteiger partial charge in [0.25, 0.3) is 0 Å². The van der Waals surface area contributed by atoms with Gasteiger partial charge in [-0.05, 0) is 38.1 Å². The smallest absolute Gasteiger partial charge is 0.235 e. The number of nitrogens with one attached hydrogen (secondary N) is 2. The van der Waals surface area contributed by atoms with Crippen molar-refractivity contribution in [1.29, 1.82) is 0 Å². The quantitative estimate of drug-likeness (QED) is 0.878. The van der Waals surface area contributed by atoms with Crippen LogP contribution in [-0.2, 0) is 10.0 Å². The molecule has 0 atom stereocenters. The Hall–Kier alpha value is -1.21. The number of hydrogen-bond donors (Lipinski definition) is 2. The molecule has 1 heterocycles. The first kappa shape index (κ1) is 13.2. The van der Waals surface area contributed by atoms with Gasteiger partial charge < -0.3 is 5.32 Å². The zero-order valence-corrected chi connectivity index (χ0v) is 10.4. The minimum absolute atomic E-state index is 0.213. The summed E-state index contributed by atoms with van der Waals surface area (Å²) in [6.07, 6.45) is 0.969. The minimum atomic E-state index is -3.62. The third kappa shape index (κ3) is 2.97. The van der Waals surface area contributed by atoms with Crippen LogP contribution in [0.5, 0.6) is 0 Å².